The Balaban J connectivity index is 1.68. The van der Waals surface area contributed by atoms with Crippen LogP contribution in [0.5, 0.6) is 0 Å². The zero-order valence-corrected chi connectivity index (χ0v) is 15.2. The first kappa shape index (κ1) is 17.8. The highest BCUT2D eigenvalue weighted by molar-refractivity contribution is 7.15. The number of aromatic amines is 1. The van der Waals surface area contributed by atoms with E-state index >= 15 is 0 Å². The molecular weight excluding hydrogens is 352 g/mol. The SMILES string of the molecule is Cc1cn(CC(=O)N(C)Cc2cnc(-c3ccccc3)s2)c(=O)[nH]c1=O. The number of likely N-dealkylation sites (N-methyl/N-ethyl adjacent to an activating group) is 1. The highest BCUT2D eigenvalue weighted by atomic mass is 32.1. The van der Waals surface area contributed by atoms with Crippen molar-refractivity contribution in [3.8, 4) is 10.6 Å². The zero-order chi connectivity index (χ0) is 18.7. The fourth-order valence-corrected chi connectivity index (χ4v) is 3.39. The van der Waals surface area contributed by atoms with Crippen LogP contribution in [0.4, 0.5) is 0 Å². The van der Waals surface area contributed by atoms with Crippen LogP contribution in [-0.4, -0.2) is 32.4 Å². The number of carbonyl (C=O) groups excluding carboxylic acids is 1. The predicted octanol–water partition coefficient (Wildman–Crippen LogP) is 1.63. The topological polar surface area (TPSA) is 88.1 Å². The number of carbonyl (C=O) groups is 1. The summed E-state index contributed by atoms with van der Waals surface area (Å²) >= 11 is 1.52. The Labute approximate surface area is 153 Å². The van der Waals surface area contributed by atoms with Gasteiger partial charge in [-0.15, -0.1) is 11.3 Å². The Bertz CT molecular complexity index is 1040. The third kappa shape index (κ3) is 3.97. The van der Waals surface area contributed by atoms with Crippen LogP contribution in [0.25, 0.3) is 10.6 Å². The minimum Gasteiger partial charge on any atom is -0.339 e. The summed E-state index contributed by atoms with van der Waals surface area (Å²) in [5, 5.41) is 0.897. The number of aryl methyl sites for hydroxylation is 1. The van der Waals surface area contributed by atoms with Crippen LogP contribution in [0.2, 0.25) is 0 Å². The Kier molecular flexibility index (Phi) is 5.13. The standard InChI is InChI=1S/C18H18N4O3S/c1-12-9-22(18(25)20-16(12)24)11-15(23)21(2)10-14-8-19-17(26-14)13-6-4-3-5-7-13/h3-9H,10-11H2,1-2H3,(H,20,24,25). The number of nitrogens with one attached hydrogen (secondary N) is 1. The molecule has 0 saturated heterocycles. The third-order valence-corrected chi connectivity index (χ3v) is 4.92. The largest absolute Gasteiger partial charge is 0.339 e. The number of aromatic nitrogens is 3. The summed E-state index contributed by atoms with van der Waals surface area (Å²) in [6, 6.07) is 9.84. The van der Waals surface area contributed by atoms with Gasteiger partial charge in [0.1, 0.15) is 11.6 Å². The lowest BCUT2D eigenvalue weighted by Gasteiger charge is -2.16. The molecule has 0 unspecified atom stereocenters. The van der Waals surface area contributed by atoms with Gasteiger partial charge in [-0.2, -0.15) is 0 Å². The summed E-state index contributed by atoms with van der Waals surface area (Å²) in [7, 11) is 1.67. The summed E-state index contributed by atoms with van der Waals surface area (Å²) in [5.41, 5.74) is 0.389. The molecule has 0 bridgehead atoms. The van der Waals surface area contributed by atoms with Gasteiger partial charge in [0.25, 0.3) is 5.56 Å². The summed E-state index contributed by atoms with van der Waals surface area (Å²) in [4.78, 5) is 44.7. The second-order valence-electron chi connectivity index (χ2n) is 5.95. The predicted molar refractivity (Wildman–Crippen MR) is 100 cm³/mol. The number of thiazole rings is 1. The van der Waals surface area contributed by atoms with Crippen molar-refractivity contribution in [2.75, 3.05) is 7.05 Å². The van der Waals surface area contributed by atoms with Crippen LogP contribution in [-0.2, 0) is 17.9 Å². The fourth-order valence-electron chi connectivity index (χ4n) is 2.42. The first-order valence-electron chi connectivity index (χ1n) is 7.98. The van der Waals surface area contributed by atoms with Crippen molar-refractivity contribution in [1.29, 1.82) is 0 Å². The van der Waals surface area contributed by atoms with E-state index in [0.717, 1.165) is 15.4 Å². The van der Waals surface area contributed by atoms with Crippen LogP contribution in [0, 0.1) is 6.92 Å². The minimum atomic E-state index is -0.591. The number of hydrogen-bond donors (Lipinski definition) is 1. The van der Waals surface area contributed by atoms with Crippen LogP contribution in [0.1, 0.15) is 10.4 Å². The first-order chi connectivity index (χ1) is 12.4. The van der Waals surface area contributed by atoms with Gasteiger partial charge in [0.05, 0.1) is 6.54 Å². The van der Waals surface area contributed by atoms with Crippen molar-refractivity contribution in [1.82, 2.24) is 19.4 Å². The zero-order valence-electron chi connectivity index (χ0n) is 14.4. The Morgan fingerprint density at radius 1 is 1.27 bits per heavy atom. The van der Waals surface area contributed by atoms with E-state index in [4.69, 9.17) is 0 Å². The van der Waals surface area contributed by atoms with Crippen molar-refractivity contribution in [3.05, 3.63) is 74.0 Å². The van der Waals surface area contributed by atoms with Gasteiger partial charge >= 0.3 is 5.69 Å². The van der Waals surface area contributed by atoms with Gasteiger partial charge in [0.2, 0.25) is 5.91 Å². The first-order valence-corrected chi connectivity index (χ1v) is 8.80. The number of benzene rings is 1. The maximum atomic E-state index is 12.4. The third-order valence-electron chi connectivity index (χ3n) is 3.89. The molecule has 8 heteroatoms. The van der Waals surface area contributed by atoms with E-state index in [1.807, 2.05) is 30.3 Å². The molecular formula is C18H18N4O3S. The Hall–Kier alpha value is -3.00. The van der Waals surface area contributed by atoms with E-state index in [1.54, 1.807) is 20.2 Å². The lowest BCUT2D eigenvalue weighted by atomic mass is 10.2. The van der Waals surface area contributed by atoms with Crippen LogP contribution in [0.3, 0.4) is 0 Å². The minimum absolute atomic E-state index is 0.128. The molecule has 0 fully saturated rings. The normalized spacial score (nSPS) is 10.7. The monoisotopic (exact) mass is 370 g/mol. The summed E-state index contributed by atoms with van der Waals surface area (Å²) in [5.74, 6) is -0.229. The molecule has 0 saturated carbocycles. The smallest absolute Gasteiger partial charge is 0.328 e. The molecule has 2 heterocycles. The van der Waals surface area contributed by atoms with E-state index in [2.05, 4.69) is 9.97 Å². The molecule has 134 valence electrons. The molecule has 1 aromatic carbocycles. The van der Waals surface area contributed by atoms with Gasteiger partial charge in [-0.25, -0.2) is 9.78 Å². The fraction of sp³-hybridized carbons (Fsp3) is 0.222. The van der Waals surface area contributed by atoms with E-state index in [-0.39, 0.29) is 12.5 Å². The lowest BCUT2D eigenvalue weighted by Crippen LogP contribution is -2.37. The van der Waals surface area contributed by atoms with E-state index in [1.165, 1.54) is 27.0 Å². The molecule has 1 amide bonds. The van der Waals surface area contributed by atoms with E-state index in [9.17, 15) is 14.4 Å². The van der Waals surface area contributed by atoms with Crippen LogP contribution >= 0.6 is 11.3 Å². The quantitative estimate of drug-likeness (QED) is 0.739. The number of H-pyrrole nitrogens is 1. The van der Waals surface area contributed by atoms with Gasteiger partial charge in [0.15, 0.2) is 0 Å². The van der Waals surface area contributed by atoms with Gasteiger partial charge in [-0.1, -0.05) is 30.3 Å². The summed E-state index contributed by atoms with van der Waals surface area (Å²) < 4.78 is 1.21. The summed E-state index contributed by atoms with van der Waals surface area (Å²) in [6.07, 6.45) is 3.15. The van der Waals surface area contributed by atoms with Crippen molar-refractivity contribution in [2.45, 2.75) is 20.0 Å². The lowest BCUT2D eigenvalue weighted by molar-refractivity contribution is -0.131. The number of hydrogen-bond acceptors (Lipinski definition) is 5. The van der Waals surface area contributed by atoms with Gasteiger partial charge < -0.3 is 4.90 Å². The highest BCUT2D eigenvalue weighted by Gasteiger charge is 2.14. The maximum absolute atomic E-state index is 12.4. The Morgan fingerprint density at radius 3 is 2.73 bits per heavy atom. The number of rotatable bonds is 5. The van der Waals surface area contributed by atoms with Crippen molar-refractivity contribution in [3.63, 3.8) is 0 Å². The molecule has 0 aliphatic rings. The molecule has 1 N–H and O–H groups in total. The average molecular weight is 370 g/mol. The molecule has 0 aliphatic heterocycles. The van der Waals surface area contributed by atoms with E-state index < -0.39 is 11.2 Å². The van der Waals surface area contributed by atoms with Crippen molar-refractivity contribution in [2.24, 2.45) is 0 Å². The molecule has 26 heavy (non-hydrogen) atoms. The van der Waals surface area contributed by atoms with Crippen molar-refractivity contribution >= 4 is 17.2 Å². The highest BCUT2D eigenvalue weighted by Crippen LogP contribution is 2.25. The number of nitrogens with zero attached hydrogens (tertiary/aromatic N) is 3. The maximum Gasteiger partial charge on any atom is 0.328 e. The van der Waals surface area contributed by atoms with Crippen LogP contribution < -0.4 is 11.2 Å². The van der Waals surface area contributed by atoms with Crippen molar-refractivity contribution < 1.29 is 4.79 Å². The second kappa shape index (κ2) is 7.49. The molecule has 3 rings (SSSR count). The van der Waals surface area contributed by atoms with Gasteiger partial charge in [0, 0.05) is 35.4 Å². The number of amides is 1. The van der Waals surface area contributed by atoms with Gasteiger partial charge in [-0.05, 0) is 6.92 Å². The molecule has 7 nitrogen and oxygen atoms in total. The molecule has 0 aliphatic carbocycles. The van der Waals surface area contributed by atoms with E-state index in [0.29, 0.717) is 12.1 Å². The second-order valence-corrected chi connectivity index (χ2v) is 7.06. The van der Waals surface area contributed by atoms with Gasteiger partial charge in [-0.3, -0.25) is 19.1 Å². The molecule has 0 spiro atoms. The van der Waals surface area contributed by atoms with Crippen LogP contribution in [0.15, 0.2) is 52.3 Å². The molecule has 0 radical (unpaired) electrons. The Morgan fingerprint density at radius 2 is 2.00 bits per heavy atom. The average Bonchev–Trinajstić information content (AvgIpc) is 3.09. The molecule has 3 aromatic rings. The molecule has 2 aromatic heterocycles. The molecule has 0 atom stereocenters. The summed E-state index contributed by atoms with van der Waals surface area (Å²) in [6.45, 7) is 1.86.